The summed E-state index contributed by atoms with van der Waals surface area (Å²) in [6.45, 7) is 9.72. The maximum Gasteiger partial charge on any atom is 0.253 e. The summed E-state index contributed by atoms with van der Waals surface area (Å²) in [5.41, 5.74) is 0. The van der Waals surface area contributed by atoms with Gasteiger partial charge in [0.25, 0.3) is 5.91 Å². The van der Waals surface area contributed by atoms with Gasteiger partial charge in [0.1, 0.15) is 6.10 Å². The fourth-order valence-electron chi connectivity index (χ4n) is 3.32. The highest BCUT2D eigenvalue weighted by Gasteiger charge is 2.32. The van der Waals surface area contributed by atoms with Crippen molar-refractivity contribution in [2.45, 2.75) is 32.4 Å². The second kappa shape index (κ2) is 7.90. The summed E-state index contributed by atoms with van der Waals surface area (Å²) >= 11 is 0. The monoisotopic (exact) mass is 333 g/mol. The second-order valence-electron chi connectivity index (χ2n) is 6.70. The quantitative estimate of drug-likeness (QED) is 0.808. The molecule has 132 valence electrons. The molecule has 0 bridgehead atoms. The standard InChI is InChI=1S/C17H27N5O2/c1-14(2)22-11-12-24-15(13-22)17(23)21-8-4-7-20(9-10-21)16-5-3-6-18-19-16/h3,5-6,14-15H,4,7-13H2,1-2H3/t15-/m0/s1. The molecule has 0 aromatic carbocycles. The average molecular weight is 333 g/mol. The number of aromatic nitrogens is 2. The molecule has 7 heteroatoms. The summed E-state index contributed by atoms with van der Waals surface area (Å²) < 4.78 is 5.76. The second-order valence-corrected chi connectivity index (χ2v) is 6.70. The molecule has 1 atom stereocenters. The van der Waals surface area contributed by atoms with Crippen LogP contribution in [0.15, 0.2) is 18.3 Å². The van der Waals surface area contributed by atoms with E-state index in [0.29, 0.717) is 25.7 Å². The average Bonchev–Trinajstić information content (AvgIpc) is 2.88. The van der Waals surface area contributed by atoms with Crippen LogP contribution >= 0.6 is 0 Å². The Morgan fingerprint density at radius 1 is 1.25 bits per heavy atom. The van der Waals surface area contributed by atoms with E-state index in [1.165, 1.54) is 0 Å². The van der Waals surface area contributed by atoms with Crippen molar-refractivity contribution < 1.29 is 9.53 Å². The Morgan fingerprint density at radius 3 is 2.88 bits per heavy atom. The summed E-state index contributed by atoms with van der Waals surface area (Å²) in [4.78, 5) is 19.3. The van der Waals surface area contributed by atoms with E-state index in [0.717, 1.165) is 38.4 Å². The lowest BCUT2D eigenvalue weighted by atomic mass is 10.2. The number of hydrogen-bond donors (Lipinski definition) is 0. The van der Waals surface area contributed by atoms with Gasteiger partial charge in [-0.1, -0.05) is 0 Å². The van der Waals surface area contributed by atoms with Crippen LogP contribution in [-0.2, 0) is 9.53 Å². The van der Waals surface area contributed by atoms with E-state index >= 15 is 0 Å². The van der Waals surface area contributed by atoms with Crippen LogP contribution in [0.5, 0.6) is 0 Å². The van der Waals surface area contributed by atoms with Gasteiger partial charge < -0.3 is 14.5 Å². The lowest BCUT2D eigenvalue weighted by molar-refractivity contribution is -0.150. The highest BCUT2D eigenvalue weighted by molar-refractivity contribution is 5.81. The molecular formula is C17H27N5O2. The summed E-state index contributed by atoms with van der Waals surface area (Å²) in [6.07, 6.45) is 2.28. The third-order valence-corrected chi connectivity index (χ3v) is 4.79. The number of amides is 1. The minimum atomic E-state index is -0.329. The van der Waals surface area contributed by atoms with Crippen LogP contribution in [-0.4, -0.2) is 83.9 Å². The van der Waals surface area contributed by atoms with Gasteiger partial charge in [-0.2, -0.15) is 5.10 Å². The molecule has 2 aliphatic heterocycles. The lowest BCUT2D eigenvalue weighted by Crippen LogP contribution is -2.53. The van der Waals surface area contributed by atoms with Gasteiger partial charge in [-0.05, 0) is 32.4 Å². The molecule has 7 nitrogen and oxygen atoms in total. The van der Waals surface area contributed by atoms with Crippen molar-refractivity contribution in [3.8, 4) is 0 Å². The number of anilines is 1. The number of carbonyl (C=O) groups excluding carboxylic acids is 1. The fourth-order valence-corrected chi connectivity index (χ4v) is 3.32. The van der Waals surface area contributed by atoms with Crippen LogP contribution in [0.2, 0.25) is 0 Å². The minimum Gasteiger partial charge on any atom is -0.366 e. The molecule has 0 N–H and O–H groups in total. The predicted molar refractivity (Wildman–Crippen MR) is 91.9 cm³/mol. The SMILES string of the molecule is CC(C)N1CCO[C@H](C(=O)N2CCCN(c3cccnn3)CC2)C1. The molecule has 0 spiro atoms. The molecule has 1 aromatic heterocycles. The Labute approximate surface area is 143 Å². The molecule has 0 saturated carbocycles. The third-order valence-electron chi connectivity index (χ3n) is 4.79. The zero-order chi connectivity index (χ0) is 16.9. The van der Waals surface area contributed by atoms with Gasteiger partial charge >= 0.3 is 0 Å². The van der Waals surface area contributed by atoms with E-state index < -0.39 is 0 Å². The summed E-state index contributed by atoms with van der Waals surface area (Å²) in [6, 6.07) is 4.31. The zero-order valence-corrected chi connectivity index (χ0v) is 14.6. The Hall–Kier alpha value is -1.73. The van der Waals surface area contributed by atoms with E-state index in [1.807, 2.05) is 17.0 Å². The molecule has 2 aliphatic rings. The topological polar surface area (TPSA) is 61.8 Å². The first kappa shape index (κ1) is 17.1. The smallest absolute Gasteiger partial charge is 0.253 e. The predicted octanol–water partition coefficient (Wildman–Crippen LogP) is 0.625. The molecule has 1 amide bonds. The Morgan fingerprint density at radius 2 is 2.12 bits per heavy atom. The maximum atomic E-state index is 12.8. The van der Waals surface area contributed by atoms with E-state index in [4.69, 9.17) is 4.74 Å². The Bertz CT molecular complexity index is 539. The Balaban J connectivity index is 1.58. The Kier molecular flexibility index (Phi) is 5.63. The molecular weight excluding hydrogens is 306 g/mol. The van der Waals surface area contributed by atoms with Gasteiger partial charge in [0.15, 0.2) is 5.82 Å². The molecule has 0 aliphatic carbocycles. The van der Waals surface area contributed by atoms with Crippen LogP contribution in [0.1, 0.15) is 20.3 Å². The number of morpholine rings is 1. The molecule has 24 heavy (non-hydrogen) atoms. The van der Waals surface area contributed by atoms with Crippen molar-refractivity contribution >= 4 is 11.7 Å². The zero-order valence-electron chi connectivity index (χ0n) is 14.6. The van der Waals surface area contributed by atoms with Crippen LogP contribution in [0.4, 0.5) is 5.82 Å². The summed E-state index contributed by atoms with van der Waals surface area (Å²) in [5.74, 6) is 1.01. The number of carbonyl (C=O) groups is 1. The van der Waals surface area contributed by atoms with Crippen molar-refractivity contribution in [1.29, 1.82) is 0 Å². The molecule has 1 aromatic rings. The number of ether oxygens (including phenoxy) is 1. The van der Waals surface area contributed by atoms with E-state index in [1.54, 1.807) is 6.20 Å². The van der Waals surface area contributed by atoms with E-state index in [2.05, 4.69) is 33.8 Å². The van der Waals surface area contributed by atoms with Gasteiger partial charge in [0.05, 0.1) is 6.61 Å². The first-order chi connectivity index (χ1) is 11.6. The highest BCUT2D eigenvalue weighted by atomic mass is 16.5. The maximum absolute atomic E-state index is 12.8. The van der Waals surface area contributed by atoms with Crippen molar-refractivity contribution in [2.24, 2.45) is 0 Å². The van der Waals surface area contributed by atoms with Gasteiger partial charge in [0, 0.05) is 51.5 Å². The van der Waals surface area contributed by atoms with E-state index in [9.17, 15) is 4.79 Å². The summed E-state index contributed by atoms with van der Waals surface area (Å²) in [7, 11) is 0. The molecule has 2 fully saturated rings. The molecule has 0 radical (unpaired) electrons. The molecule has 3 rings (SSSR count). The van der Waals surface area contributed by atoms with Crippen LogP contribution in [0.25, 0.3) is 0 Å². The largest absolute Gasteiger partial charge is 0.366 e. The van der Waals surface area contributed by atoms with Crippen molar-refractivity contribution in [2.75, 3.05) is 50.8 Å². The van der Waals surface area contributed by atoms with Crippen molar-refractivity contribution in [3.05, 3.63) is 18.3 Å². The minimum absolute atomic E-state index is 0.126. The lowest BCUT2D eigenvalue weighted by Gasteiger charge is -2.36. The molecule has 2 saturated heterocycles. The number of nitrogens with zero attached hydrogens (tertiary/aromatic N) is 5. The van der Waals surface area contributed by atoms with Crippen LogP contribution < -0.4 is 4.90 Å². The molecule has 3 heterocycles. The fraction of sp³-hybridized carbons (Fsp3) is 0.706. The van der Waals surface area contributed by atoms with Gasteiger partial charge in [-0.15, -0.1) is 5.10 Å². The van der Waals surface area contributed by atoms with Crippen LogP contribution in [0.3, 0.4) is 0 Å². The van der Waals surface area contributed by atoms with Crippen molar-refractivity contribution in [1.82, 2.24) is 20.0 Å². The van der Waals surface area contributed by atoms with Gasteiger partial charge in [0.2, 0.25) is 0 Å². The first-order valence-corrected chi connectivity index (χ1v) is 8.82. The van der Waals surface area contributed by atoms with Crippen molar-refractivity contribution in [3.63, 3.8) is 0 Å². The molecule has 0 unspecified atom stereocenters. The number of rotatable bonds is 3. The highest BCUT2D eigenvalue weighted by Crippen LogP contribution is 2.15. The van der Waals surface area contributed by atoms with Crippen LogP contribution in [0, 0.1) is 0 Å². The van der Waals surface area contributed by atoms with Gasteiger partial charge in [-0.25, -0.2) is 0 Å². The summed E-state index contributed by atoms with van der Waals surface area (Å²) in [5, 5.41) is 8.12. The van der Waals surface area contributed by atoms with E-state index in [-0.39, 0.29) is 12.0 Å². The third kappa shape index (κ3) is 4.02. The number of hydrogen-bond acceptors (Lipinski definition) is 6. The normalized spacial score (nSPS) is 23.4. The first-order valence-electron chi connectivity index (χ1n) is 8.82. The van der Waals surface area contributed by atoms with Gasteiger partial charge in [-0.3, -0.25) is 9.69 Å².